The van der Waals surface area contributed by atoms with Gasteiger partial charge >= 0.3 is 0 Å². The first-order valence-corrected chi connectivity index (χ1v) is 7.54. The Kier molecular flexibility index (Phi) is 5.17. The second kappa shape index (κ2) is 6.89. The van der Waals surface area contributed by atoms with E-state index in [2.05, 4.69) is 24.1 Å². The summed E-state index contributed by atoms with van der Waals surface area (Å²) in [5.74, 6) is -0.214. The maximum absolute atomic E-state index is 13.8. The van der Waals surface area contributed by atoms with Gasteiger partial charge in [0.25, 0.3) is 0 Å². The number of nitrogens with one attached hydrogen (secondary N) is 1. The van der Waals surface area contributed by atoms with Crippen LogP contribution in [0.5, 0.6) is 0 Å². The van der Waals surface area contributed by atoms with Crippen LogP contribution in [0.3, 0.4) is 0 Å². The van der Waals surface area contributed by atoms with Crippen LogP contribution >= 0.6 is 0 Å². The van der Waals surface area contributed by atoms with Crippen molar-refractivity contribution < 1.29 is 9.18 Å². The van der Waals surface area contributed by atoms with Crippen LogP contribution in [0.4, 0.5) is 10.1 Å². The van der Waals surface area contributed by atoms with E-state index in [1.54, 1.807) is 0 Å². The molecular weight excluding hydrogens is 269 g/mol. The van der Waals surface area contributed by atoms with Crippen molar-refractivity contribution in [3.05, 3.63) is 29.6 Å². The number of rotatable bonds is 5. The van der Waals surface area contributed by atoms with E-state index in [9.17, 15) is 9.18 Å². The fourth-order valence-corrected chi connectivity index (χ4v) is 2.79. The molecule has 0 aliphatic carbocycles. The van der Waals surface area contributed by atoms with Crippen LogP contribution in [0.25, 0.3) is 0 Å². The molecule has 0 unspecified atom stereocenters. The van der Waals surface area contributed by atoms with Gasteiger partial charge in [0.2, 0.25) is 5.91 Å². The lowest BCUT2D eigenvalue weighted by atomic mass is 10.0. The summed E-state index contributed by atoms with van der Waals surface area (Å²) in [5, 5.41) is 3.21. The Bertz CT molecular complexity index is 496. The minimum Gasteiger partial charge on any atom is -0.380 e. The third kappa shape index (κ3) is 4.43. The Morgan fingerprint density at radius 2 is 2.10 bits per heavy atom. The summed E-state index contributed by atoms with van der Waals surface area (Å²) in [4.78, 5) is 13.6. The first-order chi connectivity index (χ1) is 9.95. The van der Waals surface area contributed by atoms with Gasteiger partial charge in [-0.2, -0.15) is 0 Å². The Morgan fingerprint density at radius 3 is 2.67 bits per heavy atom. The number of carbonyl (C=O) groups is 1. The fraction of sp³-hybridized carbons (Fsp3) is 0.562. The predicted octanol–water partition coefficient (Wildman–Crippen LogP) is 2.46. The molecule has 1 aromatic carbocycles. The topological polar surface area (TPSA) is 58.4 Å². The molecule has 4 nitrogen and oxygen atoms in total. The predicted molar refractivity (Wildman–Crippen MR) is 82.8 cm³/mol. The number of nitrogens with two attached hydrogens (primary N) is 1. The lowest BCUT2D eigenvalue weighted by molar-refractivity contribution is 0.100. The highest BCUT2D eigenvalue weighted by atomic mass is 19.1. The number of anilines is 1. The number of hydrogen-bond acceptors (Lipinski definition) is 3. The van der Waals surface area contributed by atoms with Gasteiger partial charge in [-0.3, -0.25) is 4.79 Å². The highest BCUT2D eigenvalue weighted by Crippen LogP contribution is 2.21. The Balaban J connectivity index is 1.94. The minimum atomic E-state index is -0.537. The van der Waals surface area contributed by atoms with Gasteiger partial charge in [-0.1, -0.05) is 13.8 Å². The van der Waals surface area contributed by atoms with Crippen molar-refractivity contribution >= 4 is 11.6 Å². The zero-order chi connectivity index (χ0) is 15.4. The molecule has 1 aromatic rings. The molecule has 0 radical (unpaired) electrons. The minimum absolute atomic E-state index is 0.242. The van der Waals surface area contributed by atoms with Gasteiger partial charge in [-0.25, -0.2) is 4.39 Å². The molecule has 0 saturated carbocycles. The van der Waals surface area contributed by atoms with E-state index in [-0.39, 0.29) is 11.9 Å². The van der Waals surface area contributed by atoms with Crippen molar-refractivity contribution in [1.82, 2.24) is 4.90 Å². The first kappa shape index (κ1) is 15.8. The Morgan fingerprint density at radius 1 is 1.43 bits per heavy atom. The molecule has 0 atom stereocenters. The van der Waals surface area contributed by atoms with Gasteiger partial charge in [0.05, 0.1) is 5.69 Å². The standard InChI is InChI=1S/C16H24FN3O/c1-11(2)10-20-7-5-13(6-8-20)19-15-9-12(16(18)21)3-4-14(15)17/h3-4,9,11,13,19H,5-8,10H2,1-2H3,(H2,18,21). The maximum Gasteiger partial charge on any atom is 0.248 e. The zero-order valence-electron chi connectivity index (χ0n) is 12.7. The second-order valence-corrected chi connectivity index (χ2v) is 6.17. The van der Waals surface area contributed by atoms with E-state index >= 15 is 0 Å². The van der Waals surface area contributed by atoms with E-state index in [0.29, 0.717) is 17.2 Å². The van der Waals surface area contributed by atoms with Gasteiger partial charge < -0.3 is 16.0 Å². The third-order valence-electron chi connectivity index (χ3n) is 3.82. The van der Waals surface area contributed by atoms with Crippen molar-refractivity contribution in [2.45, 2.75) is 32.7 Å². The van der Waals surface area contributed by atoms with Gasteiger partial charge in [0.1, 0.15) is 5.82 Å². The summed E-state index contributed by atoms with van der Waals surface area (Å²) in [5.41, 5.74) is 5.93. The molecule has 116 valence electrons. The molecule has 1 aliphatic rings. The number of amides is 1. The largest absolute Gasteiger partial charge is 0.380 e. The summed E-state index contributed by atoms with van der Waals surface area (Å²) in [6.45, 7) is 7.59. The summed E-state index contributed by atoms with van der Waals surface area (Å²) < 4.78 is 13.8. The van der Waals surface area contributed by atoms with E-state index in [1.807, 2.05) is 0 Å². The van der Waals surface area contributed by atoms with Crippen LogP contribution in [0.2, 0.25) is 0 Å². The fourth-order valence-electron chi connectivity index (χ4n) is 2.79. The molecule has 1 saturated heterocycles. The molecule has 0 bridgehead atoms. The average molecular weight is 293 g/mol. The van der Waals surface area contributed by atoms with Gasteiger partial charge in [-0.15, -0.1) is 0 Å². The number of piperidine rings is 1. The number of carbonyl (C=O) groups excluding carboxylic acids is 1. The molecule has 2 rings (SSSR count). The number of likely N-dealkylation sites (tertiary alicyclic amines) is 1. The molecule has 1 aliphatic heterocycles. The summed E-state index contributed by atoms with van der Waals surface area (Å²) in [6, 6.07) is 4.44. The van der Waals surface area contributed by atoms with Crippen molar-refractivity contribution in [2.75, 3.05) is 25.0 Å². The third-order valence-corrected chi connectivity index (χ3v) is 3.82. The van der Waals surface area contributed by atoms with E-state index in [0.717, 1.165) is 32.5 Å². The van der Waals surface area contributed by atoms with Crippen LogP contribution < -0.4 is 11.1 Å². The number of hydrogen-bond donors (Lipinski definition) is 2. The van der Waals surface area contributed by atoms with Gasteiger partial charge in [0.15, 0.2) is 0 Å². The van der Waals surface area contributed by atoms with Crippen LogP contribution in [-0.4, -0.2) is 36.5 Å². The number of halogens is 1. The number of primary amides is 1. The summed E-state index contributed by atoms with van der Waals surface area (Å²) in [7, 11) is 0. The Labute approximate surface area is 125 Å². The van der Waals surface area contributed by atoms with Crippen molar-refractivity contribution in [1.29, 1.82) is 0 Å². The molecule has 0 aromatic heterocycles. The molecule has 0 spiro atoms. The quantitative estimate of drug-likeness (QED) is 0.876. The van der Waals surface area contributed by atoms with Crippen molar-refractivity contribution in [3.63, 3.8) is 0 Å². The van der Waals surface area contributed by atoms with E-state index in [1.165, 1.54) is 18.2 Å². The average Bonchev–Trinajstić information content (AvgIpc) is 2.42. The smallest absolute Gasteiger partial charge is 0.248 e. The number of nitrogens with zero attached hydrogens (tertiary/aromatic N) is 1. The molecule has 1 amide bonds. The highest BCUT2D eigenvalue weighted by molar-refractivity contribution is 5.93. The summed E-state index contributed by atoms with van der Waals surface area (Å²) >= 11 is 0. The van der Waals surface area contributed by atoms with Gasteiger partial charge in [-0.05, 0) is 37.0 Å². The maximum atomic E-state index is 13.8. The second-order valence-electron chi connectivity index (χ2n) is 6.17. The van der Waals surface area contributed by atoms with Crippen LogP contribution in [-0.2, 0) is 0 Å². The summed E-state index contributed by atoms with van der Waals surface area (Å²) in [6.07, 6.45) is 1.96. The highest BCUT2D eigenvalue weighted by Gasteiger charge is 2.20. The first-order valence-electron chi connectivity index (χ1n) is 7.54. The van der Waals surface area contributed by atoms with Crippen LogP contribution in [0.1, 0.15) is 37.0 Å². The van der Waals surface area contributed by atoms with Crippen molar-refractivity contribution in [2.24, 2.45) is 11.7 Å². The molecule has 1 fully saturated rings. The molecule has 5 heteroatoms. The molecule has 3 N–H and O–H groups in total. The van der Waals surface area contributed by atoms with E-state index in [4.69, 9.17) is 5.73 Å². The molecule has 21 heavy (non-hydrogen) atoms. The zero-order valence-corrected chi connectivity index (χ0v) is 12.7. The monoisotopic (exact) mass is 293 g/mol. The molecular formula is C16H24FN3O. The van der Waals surface area contributed by atoms with E-state index < -0.39 is 5.91 Å². The SMILES string of the molecule is CC(C)CN1CCC(Nc2cc(C(N)=O)ccc2F)CC1. The lowest BCUT2D eigenvalue weighted by Gasteiger charge is -2.33. The number of benzene rings is 1. The van der Waals surface area contributed by atoms with Crippen LogP contribution in [0.15, 0.2) is 18.2 Å². The van der Waals surface area contributed by atoms with Crippen LogP contribution in [0, 0.1) is 11.7 Å². The molecule has 1 heterocycles. The normalized spacial score (nSPS) is 17.1. The van der Waals surface area contributed by atoms with Crippen molar-refractivity contribution in [3.8, 4) is 0 Å². The Hall–Kier alpha value is -1.62. The lowest BCUT2D eigenvalue weighted by Crippen LogP contribution is -2.40. The van der Waals surface area contributed by atoms with Gasteiger partial charge in [0, 0.05) is 31.2 Å².